The number of benzene rings is 1. The normalized spacial score (nSPS) is 11.2. The zero-order chi connectivity index (χ0) is 14.8. The van der Waals surface area contributed by atoms with Crippen molar-refractivity contribution < 1.29 is 12.8 Å². The topological polar surface area (TPSA) is 97.1 Å². The molecule has 0 bridgehead atoms. The fourth-order valence-corrected chi connectivity index (χ4v) is 2.83. The first kappa shape index (κ1) is 14.5. The number of hydrazine groups is 1. The van der Waals surface area contributed by atoms with Crippen molar-refractivity contribution in [3.8, 4) is 0 Å². The van der Waals surface area contributed by atoms with Crippen molar-refractivity contribution in [3.63, 3.8) is 0 Å². The molecule has 0 unspecified atom stereocenters. The van der Waals surface area contributed by atoms with E-state index in [9.17, 15) is 12.8 Å². The van der Waals surface area contributed by atoms with Gasteiger partial charge in [-0.3, -0.25) is 10.6 Å². The number of anilines is 2. The van der Waals surface area contributed by atoms with Gasteiger partial charge in [0.05, 0.1) is 16.4 Å². The van der Waals surface area contributed by atoms with E-state index >= 15 is 0 Å². The van der Waals surface area contributed by atoms with E-state index in [0.29, 0.717) is 0 Å². The monoisotopic (exact) mass is 316 g/mol. The molecule has 106 valence electrons. The lowest BCUT2D eigenvalue weighted by molar-refractivity contribution is 0.595. The molecule has 0 saturated carbocycles. The Bertz CT molecular complexity index is 739. The van der Waals surface area contributed by atoms with Crippen LogP contribution in [0.2, 0.25) is 5.02 Å². The molecule has 1 aromatic heterocycles. The lowest BCUT2D eigenvalue weighted by atomic mass is 10.3. The Morgan fingerprint density at radius 1 is 1.20 bits per heavy atom. The summed E-state index contributed by atoms with van der Waals surface area (Å²) in [6.45, 7) is 0. The predicted molar refractivity (Wildman–Crippen MR) is 74.3 cm³/mol. The van der Waals surface area contributed by atoms with Gasteiger partial charge in [-0.25, -0.2) is 9.37 Å². The van der Waals surface area contributed by atoms with Gasteiger partial charge in [0, 0.05) is 6.20 Å². The highest BCUT2D eigenvalue weighted by Gasteiger charge is 2.21. The van der Waals surface area contributed by atoms with Gasteiger partial charge in [-0.2, -0.15) is 8.42 Å². The van der Waals surface area contributed by atoms with E-state index in [4.69, 9.17) is 17.4 Å². The Morgan fingerprint density at radius 2 is 1.90 bits per heavy atom. The van der Waals surface area contributed by atoms with Crippen LogP contribution < -0.4 is 16.0 Å². The van der Waals surface area contributed by atoms with Gasteiger partial charge in [0.1, 0.15) is 0 Å². The number of rotatable bonds is 4. The van der Waals surface area contributed by atoms with E-state index in [0.717, 1.165) is 0 Å². The smallest absolute Gasteiger partial charge is 0.281 e. The number of halogens is 2. The third-order valence-corrected chi connectivity index (χ3v) is 3.99. The molecule has 0 aliphatic rings. The first-order valence-corrected chi connectivity index (χ1v) is 7.20. The van der Waals surface area contributed by atoms with Gasteiger partial charge >= 0.3 is 0 Å². The molecule has 0 radical (unpaired) electrons. The standard InChI is InChI=1S/C11H10ClFN4O2S/c12-7-3-1-4-8(10(7)13)17-20(18,19)11-9(16-14)5-2-6-15-11/h1-6,16-17H,14H2. The van der Waals surface area contributed by atoms with Crippen molar-refractivity contribution in [3.05, 3.63) is 47.4 Å². The number of aromatic nitrogens is 1. The van der Waals surface area contributed by atoms with Crippen molar-refractivity contribution in [1.82, 2.24) is 4.98 Å². The number of pyridine rings is 1. The second-order valence-electron chi connectivity index (χ2n) is 3.71. The highest BCUT2D eigenvalue weighted by molar-refractivity contribution is 7.92. The quantitative estimate of drug-likeness (QED) is 0.592. The maximum absolute atomic E-state index is 13.7. The minimum Gasteiger partial charge on any atom is -0.321 e. The summed E-state index contributed by atoms with van der Waals surface area (Å²) in [6, 6.07) is 6.91. The zero-order valence-corrected chi connectivity index (χ0v) is 11.5. The largest absolute Gasteiger partial charge is 0.321 e. The molecule has 6 nitrogen and oxygen atoms in total. The van der Waals surface area contributed by atoms with Gasteiger partial charge in [-0.1, -0.05) is 17.7 Å². The van der Waals surface area contributed by atoms with Crippen LogP contribution in [0.1, 0.15) is 0 Å². The fourth-order valence-electron chi connectivity index (χ4n) is 1.49. The summed E-state index contributed by atoms with van der Waals surface area (Å²) in [5.41, 5.74) is 2.03. The summed E-state index contributed by atoms with van der Waals surface area (Å²) in [6.07, 6.45) is 1.28. The second kappa shape index (κ2) is 5.61. The van der Waals surface area contributed by atoms with Crippen LogP contribution in [-0.2, 0) is 10.0 Å². The average molecular weight is 317 g/mol. The number of nitrogens with one attached hydrogen (secondary N) is 2. The summed E-state index contributed by atoms with van der Waals surface area (Å²) >= 11 is 5.59. The van der Waals surface area contributed by atoms with Crippen molar-refractivity contribution >= 4 is 33.0 Å². The van der Waals surface area contributed by atoms with Crippen molar-refractivity contribution in [2.24, 2.45) is 5.84 Å². The van der Waals surface area contributed by atoms with Gasteiger partial charge in [0.2, 0.25) is 5.03 Å². The van der Waals surface area contributed by atoms with E-state index < -0.39 is 15.8 Å². The van der Waals surface area contributed by atoms with Crippen LogP contribution in [0.4, 0.5) is 15.8 Å². The summed E-state index contributed by atoms with van der Waals surface area (Å²) < 4.78 is 40.1. The van der Waals surface area contributed by atoms with Gasteiger partial charge in [0.15, 0.2) is 5.82 Å². The Morgan fingerprint density at radius 3 is 2.60 bits per heavy atom. The molecule has 0 fully saturated rings. The number of sulfonamides is 1. The molecule has 0 aliphatic carbocycles. The van der Waals surface area contributed by atoms with Gasteiger partial charge < -0.3 is 5.43 Å². The molecule has 0 spiro atoms. The number of nitrogens with two attached hydrogens (primary N) is 1. The molecule has 4 N–H and O–H groups in total. The van der Waals surface area contributed by atoms with Crippen LogP contribution in [-0.4, -0.2) is 13.4 Å². The number of hydrogen-bond donors (Lipinski definition) is 3. The summed E-state index contributed by atoms with van der Waals surface area (Å²) in [7, 11) is -4.10. The molecule has 2 rings (SSSR count). The molecule has 0 atom stereocenters. The third kappa shape index (κ3) is 2.82. The molecular formula is C11H10ClFN4O2S. The lowest BCUT2D eigenvalue weighted by Gasteiger charge is -2.11. The first-order valence-electron chi connectivity index (χ1n) is 5.34. The van der Waals surface area contributed by atoms with E-state index in [1.807, 2.05) is 0 Å². The predicted octanol–water partition coefficient (Wildman–Crippen LogP) is 1.96. The van der Waals surface area contributed by atoms with Crippen LogP contribution in [0, 0.1) is 5.82 Å². The number of hydrogen-bond acceptors (Lipinski definition) is 5. The maximum atomic E-state index is 13.7. The zero-order valence-electron chi connectivity index (χ0n) is 9.97. The van der Waals surface area contributed by atoms with E-state index in [-0.39, 0.29) is 21.4 Å². The van der Waals surface area contributed by atoms with E-state index in [1.54, 1.807) is 0 Å². The highest BCUT2D eigenvalue weighted by atomic mass is 35.5. The molecule has 9 heteroatoms. The minimum atomic E-state index is -4.10. The van der Waals surface area contributed by atoms with Crippen LogP contribution in [0.25, 0.3) is 0 Å². The van der Waals surface area contributed by atoms with Crippen LogP contribution in [0.3, 0.4) is 0 Å². The molecular weight excluding hydrogens is 307 g/mol. The molecule has 2 aromatic rings. The average Bonchev–Trinajstić information content (AvgIpc) is 2.43. The number of nitrogens with zero attached hydrogens (tertiary/aromatic N) is 1. The van der Waals surface area contributed by atoms with Crippen molar-refractivity contribution in [1.29, 1.82) is 0 Å². The molecule has 1 aromatic carbocycles. The van der Waals surface area contributed by atoms with Crippen molar-refractivity contribution in [2.45, 2.75) is 5.03 Å². The lowest BCUT2D eigenvalue weighted by Crippen LogP contribution is -2.19. The Hall–Kier alpha value is -1.90. The molecule has 0 saturated heterocycles. The Balaban J connectivity index is 2.44. The molecule has 0 aliphatic heterocycles. The fraction of sp³-hybridized carbons (Fsp3) is 0. The van der Waals surface area contributed by atoms with E-state index in [2.05, 4.69) is 15.1 Å². The van der Waals surface area contributed by atoms with Crippen LogP contribution in [0.5, 0.6) is 0 Å². The molecule has 0 amide bonds. The highest BCUT2D eigenvalue weighted by Crippen LogP contribution is 2.25. The summed E-state index contributed by atoms with van der Waals surface area (Å²) in [4.78, 5) is 3.72. The summed E-state index contributed by atoms with van der Waals surface area (Å²) in [5, 5.41) is -0.537. The SMILES string of the molecule is NNc1cccnc1S(=O)(=O)Nc1cccc(Cl)c1F. The molecule has 1 heterocycles. The minimum absolute atomic E-state index is 0.0856. The third-order valence-electron chi connectivity index (χ3n) is 2.38. The van der Waals surface area contributed by atoms with E-state index in [1.165, 1.54) is 36.5 Å². The van der Waals surface area contributed by atoms with Gasteiger partial charge in [0.25, 0.3) is 10.0 Å². The van der Waals surface area contributed by atoms with Crippen molar-refractivity contribution in [2.75, 3.05) is 10.1 Å². The maximum Gasteiger partial charge on any atom is 0.281 e. The summed E-state index contributed by atoms with van der Waals surface area (Å²) in [5.74, 6) is 4.35. The first-order chi connectivity index (χ1) is 9.45. The second-order valence-corrected chi connectivity index (χ2v) is 5.71. The van der Waals surface area contributed by atoms with Gasteiger partial charge in [-0.15, -0.1) is 0 Å². The Labute approximate surface area is 119 Å². The Kier molecular flexibility index (Phi) is 4.07. The van der Waals surface area contributed by atoms with Crippen LogP contribution >= 0.6 is 11.6 Å². The van der Waals surface area contributed by atoms with Gasteiger partial charge in [-0.05, 0) is 24.3 Å². The van der Waals surface area contributed by atoms with Crippen LogP contribution in [0.15, 0.2) is 41.6 Å². The number of nitrogen functional groups attached to an aromatic ring is 1. The molecule has 20 heavy (non-hydrogen) atoms.